The Morgan fingerprint density at radius 2 is 2.17 bits per heavy atom. The molecule has 2 heterocycles. The summed E-state index contributed by atoms with van der Waals surface area (Å²) in [4.78, 5) is 14.8. The third-order valence-electron chi connectivity index (χ3n) is 4.87. The van der Waals surface area contributed by atoms with Crippen molar-refractivity contribution in [3.8, 4) is 0 Å². The van der Waals surface area contributed by atoms with Crippen LogP contribution in [-0.2, 0) is 21.2 Å². The molecule has 1 amide bonds. The molecule has 132 valence electrons. The molecule has 1 aliphatic heterocycles. The number of sulfone groups is 1. The van der Waals surface area contributed by atoms with Gasteiger partial charge in [-0.1, -0.05) is 12.5 Å². The Bertz CT molecular complexity index is 736. The fourth-order valence-electron chi connectivity index (χ4n) is 3.44. The van der Waals surface area contributed by atoms with Crippen molar-refractivity contribution in [2.75, 3.05) is 18.1 Å². The fraction of sp³-hybridized carbons (Fsp3) is 0.647. The Morgan fingerprint density at radius 1 is 1.33 bits per heavy atom. The molecule has 1 atom stereocenters. The minimum Gasteiger partial charge on any atom is -0.330 e. The average Bonchev–Trinajstić information content (AvgIpc) is 2.87. The van der Waals surface area contributed by atoms with Gasteiger partial charge in [-0.2, -0.15) is 5.10 Å². The van der Waals surface area contributed by atoms with Crippen molar-refractivity contribution >= 4 is 15.7 Å². The summed E-state index contributed by atoms with van der Waals surface area (Å²) in [5.41, 5.74) is 1.65. The highest BCUT2D eigenvalue weighted by atomic mass is 32.2. The number of nitrogens with zero attached hydrogens (tertiary/aromatic N) is 3. The van der Waals surface area contributed by atoms with E-state index in [1.165, 1.54) is 0 Å². The van der Waals surface area contributed by atoms with E-state index in [1.54, 1.807) is 15.8 Å². The van der Waals surface area contributed by atoms with E-state index in [1.807, 2.05) is 19.2 Å². The molecule has 7 heteroatoms. The molecule has 0 saturated carbocycles. The van der Waals surface area contributed by atoms with Crippen molar-refractivity contribution in [1.82, 2.24) is 14.7 Å². The lowest BCUT2D eigenvalue weighted by Crippen LogP contribution is -2.46. The van der Waals surface area contributed by atoms with Gasteiger partial charge in [0.05, 0.1) is 23.7 Å². The molecule has 1 aromatic heterocycles. The van der Waals surface area contributed by atoms with Crippen LogP contribution in [0.15, 0.2) is 24.0 Å². The summed E-state index contributed by atoms with van der Waals surface area (Å²) < 4.78 is 26.0. The summed E-state index contributed by atoms with van der Waals surface area (Å²) in [6.45, 7) is 2.96. The molecule has 1 saturated heterocycles. The molecule has 1 aliphatic carbocycles. The SMILES string of the molecule is CCn1cc(C2CS(=O)(=O)CCN2C(=O)C2=CCCCCC2)cn1. The van der Waals surface area contributed by atoms with Crippen LogP contribution in [0.4, 0.5) is 0 Å². The first kappa shape index (κ1) is 17.2. The Hall–Kier alpha value is -1.63. The number of carbonyl (C=O) groups is 1. The molecule has 2 aliphatic rings. The molecule has 0 bridgehead atoms. The summed E-state index contributed by atoms with van der Waals surface area (Å²) in [5, 5.41) is 4.25. The molecule has 24 heavy (non-hydrogen) atoms. The quantitative estimate of drug-likeness (QED) is 0.836. The molecular weight excluding hydrogens is 326 g/mol. The van der Waals surface area contributed by atoms with E-state index in [4.69, 9.17) is 0 Å². The van der Waals surface area contributed by atoms with Crippen LogP contribution in [0.1, 0.15) is 50.6 Å². The number of allylic oxidation sites excluding steroid dienone is 1. The zero-order valence-electron chi connectivity index (χ0n) is 14.1. The van der Waals surface area contributed by atoms with Gasteiger partial charge in [-0.05, 0) is 32.6 Å². The van der Waals surface area contributed by atoms with Gasteiger partial charge < -0.3 is 4.90 Å². The van der Waals surface area contributed by atoms with Crippen LogP contribution in [0.3, 0.4) is 0 Å². The van der Waals surface area contributed by atoms with Gasteiger partial charge in [-0.15, -0.1) is 0 Å². The lowest BCUT2D eigenvalue weighted by atomic mass is 10.1. The van der Waals surface area contributed by atoms with Gasteiger partial charge in [0.15, 0.2) is 9.84 Å². The summed E-state index contributed by atoms with van der Waals surface area (Å²) in [5.74, 6) is 0.0346. The number of aromatic nitrogens is 2. The highest BCUT2D eigenvalue weighted by Gasteiger charge is 2.36. The predicted molar refractivity (Wildman–Crippen MR) is 92.2 cm³/mol. The number of hydrogen-bond donors (Lipinski definition) is 0. The van der Waals surface area contributed by atoms with Crippen molar-refractivity contribution in [2.24, 2.45) is 0 Å². The van der Waals surface area contributed by atoms with Crippen LogP contribution in [0.5, 0.6) is 0 Å². The lowest BCUT2D eigenvalue weighted by Gasteiger charge is -2.35. The standard InChI is InChI=1S/C17H25N3O3S/c1-2-19-12-15(11-18-19)16-13-24(22,23)10-9-20(16)17(21)14-7-5-3-4-6-8-14/h7,11-12,16H,2-6,8-10,13H2,1H3. The monoisotopic (exact) mass is 351 g/mol. The normalized spacial score (nSPS) is 24.3. The van der Waals surface area contributed by atoms with E-state index >= 15 is 0 Å². The zero-order valence-corrected chi connectivity index (χ0v) is 15.0. The second-order valence-electron chi connectivity index (χ2n) is 6.59. The van der Waals surface area contributed by atoms with Crippen LogP contribution in [0.25, 0.3) is 0 Å². The van der Waals surface area contributed by atoms with Gasteiger partial charge in [0.1, 0.15) is 0 Å². The minimum atomic E-state index is -3.13. The molecular formula is C17H25N3O3S. The molecule has 0 aromatic carbocycles. The van der Waals surface area contributed by atoms with Crippen molar-refractivity contribution < 1.29 is 13.2 Å². The van der Waals surface area contributed by atoms with Crippen LogP contribution in [0.2, 0.25) is 0 Å². The average molecular weight is 351 g/mol. The van der Waals surface area contributed by atoms with Crippen LogP contribution >= 0.6 is 0 Å². The molecule has 0 radical (unpaired) electrons. The number of hydrogen-bond acceptors (Lipinski definition) is 4. The summed E-state index contributed by atoms with van der Waals surface area (Å²) >= 11 is 0. The maximum Gasteiger partial charge on any atom is 0.250 e. The first-order valence-corrected chi connectivity index (χ1v) is 10.5. The van der Waals surface area contributed by atoms with E-state index in [-0.39, 0.29) is 24.0 Å². The molecule has 1 unspecified atom stereocenters. The van der Waals surface area contributed by atoms with Crippen LogP contribution in [-0.4, -0.2) is 47.1 Å². The predicted octanol–water partition coefficient (Wildman–Crippen LogP) is 2.09. The highest BCUT2D eigenvalue weighted by molar-refractivity contribution is 7.91. The fourth-order valence-corrected chi connectivity index (χ4v) is 4.94. The van der Waals surface area contributed by atoms with Gasteiger partial charge in [-0.3, -0.25) is 9.48 Å². The Labute approximate surface area is 143 Å². The third-order valence-corrected chi connectivity index (χ3v) is 6.50. The Morgan fingerprint density at radius 3 is 2.92 bits per heavy atom. The number of aryl methyl sites for hydroxylation is 1. The van der Waals surface area contributed by atoms with Gasteiger partial charge in [-0.25, -0.2) is 8.42 Å². The maximum atomic E-state index is 13.0. The lowest BCUT2D eigenvalue weighted by molar-refractivity contribution is -0.129. The molecule has 1 aromatic rings. The van der Waals surface area contributed by atoms with Crippen molar-refractivity contribution in [3.63, 3.8) is 0 Å². The second kappa shape index (κ2) is 7.09. The van der Waals surface area contributed by atoms with Crippen LogP contribution in [0, 0.1) is 0 Å². The molecule has 1 fully saturated rings. The van der Waals surface area contributed by atoms with Crippen LogP contribution < -0.4 is 0 Å². The van der Waals surface area contributed by atoms with Crippen molar-refractivity contribution in [1.29, 1.82) is 0 Å². The van der Waals surface area contributed by atoms with E-state index in [0.29, 0.717) is 0 Å². The van der Waals surface area contributed by atoms with Gasteiger partial charge in [0.2, 0.25) is 5.91 Å². The Balaban J connectivity index is 1.88. The topological polar surface area (TPSA) is 72.3 Å². The summed E-state index contributed by atoms with van der Waals surface area (Å²) in [6.07, 6.45) is 10.6. The third kappa shape index (κ3) is 3.71. The minimum absolute atomic E-state index is 0.000971. The number of carbonyl (C=O) groups excluding carboxylic acids is 1. The molecule has 6 nitrogen and oxygen atoms in total. The van der Waals surface area contributed by atoms with Gasteiger partial charge in [0, 0.05) is 30.4 Å². The number of amides is 1. The van der Waals surface area contributed by atoms with Gasteiger partial charge >= 0.3 is 0 Å². The first-order valence-electron chi connectivity index (χ1n) is 8.73. The highest BCUT2D eigenvalue weighted by Crippen LogP contribution is 2.30. The zero-order chi connectivity index (χ0) is 17.2. The summed E-state index contributed by atoms with van der Waals surface area (Å²) in [7, 11) is -3.13. The second-order valence-corrected chi connectivity index (χ2v) is 8.82. The largest absolute Gasteiger partial charge is 0.330 e. The number of rotatable bonds is 3. The van der Waals surface area contributed by atoms with E-state index < -0.39 is 15.9 Å². The van der Waals surface area contributed by atoms with Crippen molar-refractivity contribution in [2.45, 2.75) is 51.6 Å². The first-order chi connectivity index (χ1) is 11.5. The molecule has 0 N–H and O–H groups in total. The van der Waals surface area contributed by atoms with Crippen molar-refractivity contribution in [3.05, 3.63) is 29.6 Å². The van der Waals surface area contributed by atoms with Gasteiger partial charge in [0.25, 0.3) is 0 Å². The Kier molecular flexibility index (Phi) is 5.08. The maximum absolute atomic E-state index is 13.0. The molecule has 0 spiro atoms. The summed E-state index contributed by atoms with van der Waals surface area (Å²) in [6, 6.07) is -0.430. The smallest absolute Gasteiger partial charge is 0.250 e. The molecule has 3 rings (SSSR count). The van der Waals surface area contributed by atoms with E-state index in [0.717, 1.165) is 49.8 Å². The van der Waals surface area contributed by atoms with E-state index in [2.05, 4.69) is 5.10 Å². The van der Waals surface area contributed by atoms with E-state index in [9.17, 15) is 13.2 Å².